The van der Waals surface area contributed by atoms with E-state index in [9.17, 15) is 0 Å². The van der Waals surface area contributed by atoms with Crippen molar-refractivity contribution in [3.8, 4) is 22.9 Å². The van der Waals surface area contributed by atoms with E-state index in [1.807, 2.05) is 44.0 Å². The van der Waals surface area contributed by atoms with Gasteiger partial charge in [0.1, 0.15) is 5.69 Å². The number of nitrogens with zero attached hydrogens (tertiary/aromatic N) is 4. The summed E-state index contributed by atoms with van der Waals surface area (Å²) in [5, 5.41) is 0. The molecule has 0 bridgehead atoms. The van der Waals surface area contributed by atoms with E-state index >= 15 is 0 Å². The second kappa shape index (κ2) is 4.39. The Balaban J connectivity index is 2.05. The topological polar surface area (TPSA) is 34.0 Å². The summed E-state index contributed by atoms with van der Waals surface area (Å²) >= 11 is 0. The Morgan fingerprint density at radius 1 is 1.00 bits per heavy atom. The molecule has 1 aromatic rings. The van der Waals surface area contributed by atoms with Crippen LogP contribution in [0.1, 0.15) is 0 Å². The quantitative estimate of drug-likeness (QED) is 0.703. The summed E-state index contributed by atoms with van der Waals surface area (Å²) in [5.74, 6) is 1.69. The van der Waals surface area contributed by atoms with Gasteiger partial charge >= 0.3 is 0 Å². The highest BCUT2D eigenvalue weighted by Gasteiger charge is 2.13. The van der Waals surface area contributed by atoms with Gasteiger partial charge in [-0.3, -0.25) is 0 Å². The summed E-state index contributed by atoms with van der Waals surface area (Å²) in [6, 6.07) is 12.2. The molecule has 0 saturated carbocycles. The second-order valence-electron chi connectivity index (χ2n) is 4.82. The molecule has 0 amide bonds. The van der Waals surface area contributed by atoms with Gasteiger partial charge in [-0.15, -0.1) is 0 Å². The molecule has 2 aliphatic heterocycles. The lowest BCUT2D eigenvalue weighted by molar-refractivity contribution is 0.890. The molecule has 0 saturated heterocycles. The smallest absolute Gasteiger partial charge is 0.162 e. The normalized spacial score (nSPS) is 10.9. The lowest BCUT2D eigenvalue weighted by Crippen LogP contribution is -2.07. The molecule has 0 spiro atoms. The molecule has 2 heterocycles. The third-order valence-corrected chi connectivity index (χ3v) is 3.21. The van der Waals surface area contributed by atoms with Crippen LogP contribution in [0.3, 0.4) is 0 Å². The molecule has 0 atom stereocenters. The average molecular weight is 252 g/mol. The zero-order chi connectivity index (χ0) is 13.4. The van der Waals surface area contributed by atoms with E-state index in [1.54, 1.807) is 0 Å². The van der Waals surface area contributed by atoms with Crippen LogP contribution in [0.15, 0.2) is 42.6 Å². The Labute approximate surface area is 112 Å². The number of fused-ring (bicyclic) bond motifs is 1. The highest BCUT2D eigenvalue weighted by Crippen LogP contribution is 2.25. The van der Waals surface area contributed by atoms with Gasteiger partial charge in [0.15, 0.2) is 11.6 Å². The van der Waals surface area contributed by atoms with Crippen molar-refractivity contribution in [1.29, 1.82) is 0 Å². The maximum absolute atomic E-state index is 4.60. The fraction of sp³-hybridized carbons (Fsp3) is 0.200. The van der Waals surface area contributed by atoms with Crippen LogP contribution in [-0.4, -0.2) is 28.6 Å². The van der Waals surface area contributed by atoms with E-state index in [0.717, 1.165) is 22.9 Å². The minimum atomic E-state index is 0.780. The van der Waals surface area contributed by atoms with Gasteiger partial charge in [0, 0.05) is 38.6 Å². The van der Waals surface area contributed by atoms with Crippen LogP contribution in [0, 0.1) is 0 Å². The largest absolute Gasteiger partial charge is 0.378 e. The van der Waals surface area contributed by atoms with Gasteiger partial charge in [0.05, 0.1) is 0 Å². The third-order valence-electron chi connectivity index (χ3n) is 3.21. The molecule has 0 unspecified atom stereocenters. The van der Waals surface area contributed by atoms with E-state index in [1.165, 1.54) is 5.69 Å². The van der Waals surface area contributed by atoms with Crippen LogP contribution < -0.4 is 4.90 Å². The molecular weight excluding hydrogens is 236 g/mol. The first-order valence-corrected chi connectivity index (χ1v) is 6.22. The van der Waals surface area contributed by atoms with Crippen molar-refractivity contribution >= 4 is 5.69 Å². The molecule has 0 aromatic heterocycles. The Bertz CT molecular complexity index is 667. The van der Waals surface area contributed by atoms with Crippen LogP contribution in [-0.2, 0) is 7.05 Å². The number of benzene rings is 1. The first kappa shape index (κ1) is 11.7. The Kier molecular flexibility index (Phi) is 2.71. The maximum Gasteiger partial charge on any atom is 0.162 e. The molecule has 1 aromatic carbocycles. The minimum absolute atomic E-state index is 0.780. The number of hydrogen-bond acceptors (Lipinski definition) is 3. The molecular formula is C15H16N4. The summed E-state index contributed by atoms with van der Waals surface area (Å²) in [4.78, 5) is 11.2. The van der Waals surface area contributed by atoms with E-state index in [4.69, 9.17) is 0 Å². The zero-order valence-corrected chi connectivity index (χ0v) is 11.3. The lowest BCUT2D eigenvalue weighted by Gasteiger charge is -2.11. The fourth-order valence-corrected chi connectivity index (χ4v) is 2.09. The highest BCUT2D eigenvalue weighted by molar-refractivity contribution is 5.66. The molecule has 2 aliphatic rings. The zero-order valence-electron chi connectivity index (χ0n) is 11.3. The molecule has 0 aliphatic carbocycles. The molecule has 4 heteroatoms. The van der Waals surface area contributed by atoms with Crippen molar-refractivity contribution in [2.75, 3.05) is 19.0 Å². The molecule has 3 rings (SSSR count). The molecule has 96 valence electrons. The first-order chi connectivity index (χ1) is 9.15. The van der Waals surface area contributed by atoms with E-state index in [-0.39, 0.29) is 0 Å². The van der Waals surface area contributed by atoms with E-state index < -0.39 is 0 Å². The van der Waals surface area contributed by atoms with Gasteiger partial charge in [-0.1, -0.05) is 0 Å². The van der Waals surface area contributed by atoms with Crippen LogP contribution >= 0.6 is 0 Å². The number of hydrogen-bond donors (Lipinski definition) is 0. The van der Waals surface area contributed by atoms with Crippen molar-refractivity contribution < 1.29 is 0 Å². The predicted octanol–water partition coefficient (Wildman–Crippen LogP) is 2.65. The number of aromatic nitrogens is 3. The number of imidazole rings is 1. The van der Waals surface area contributed by atoms with Gasteiger partial charge < -0.3 is 9.47 Å². The summed E-state index contributed by atoms with van der Waals surface area (Å²) in [6.07, 6.45) is 1.98. The Morgan fingerprint density at radius 3 is 2.37 bits per heavy atom. The van der Waals surface area contributed by atoms with E-state index in [0.29, 0.717) is 0 Å². The van der Waals surface area contributed by atoms with Gasteiger partial charge in [0.2, 0.25) is 0 Å². The highest BCUT2D eigenvalue weighted by atomic mass is 15.1. The SMILES string of the molecule is CN(C)c1ccc(-c2nc3cccn(C)c-3n2)cc1. The van der Waals surface area contributed by atoms with Crippen molar-refractivity contribution in [3.63, 3.8) is 0 Å². The van der Waals surface area contributed by atoms with Gasteiger partial charge in [0.25, 0.3) is 0 Å². The van der Waals surface area contributed by atoms with Crippen molar-refractivity contribution in [2.45, 2.75) is 0 Å². The Hall–Kier alpha value is -2.36. The van der Waals surface area contributed by atoms with E-state index in [2.05, 4.69) is 39.1 Å². The van der Waals surface area contributed by atoms with Crippen LogP contribution in [0.5, 0.6) is 0 Å². The molecule has 4 nitrogen and oxygen atoms in total. The monoisotopic (exact) mass is 252 g/mol. The Morgan fingerprint density at radius 2 is 1.74 bits per heavy atom. The van der Waals surface area contributed by atoms with Crippen LogP contribution in [0.2, 0.25) is 0 Å². The summed E-state index contributed by atoms with van der Waals surface area (Å²) < 4.78 is 1.99. The minimum Gasteiger partial charge on any atom is -0.378 e. The van der Waals surface area contributed by atoms with Crippen LogP contribution in [0.25, 0.3) is 22.9 Å². The van der Waals surface area contributed by atoms with Gasteiger partial charge in [-0.05, 0) is 36.4 Å². The average Bonchev–Trinajstić information content (AvgIpc) is 2.84. The molecule has 0 N–H and O–H groups in total. The van der Waals surface area contributed by atoms with Crippen molar-refractivity contribution in [3.05, 3.63) is 42.6 Å². The molecule has 0 radical (unpaired) electrons. The summed E-state index contributed by atoms with van der Waals surface area (Å²) in [5.41, 5.74) is 3.14. The molecule has 19 heavy (non-hydrogen) atoms. The first-order valence-electron chi connectivity index (χ1n) is 6.22. The van der Waals surface area contributed by atoms with Crippen molar-refractivity contribution in [1.82, 2.24) is 14.5 Å². The van der Waals surface area contributed by atoms with Crippen LogP contribution in [0.4, 0.5) is 5.69 Å². The number of anilines is 1. The maximum atomic E-state index is 4.60. The van der Waals surface area contributed by atoms with Gasteiger partial charge in [-0.2, -0.15) is 0 Å². The lowest BCUT2D eigenvalue weighted by atomic mass is 10.2. The second-order valence-corrected chi connectivity index (χ2v) is 4.82. The number of rotatable bonds is 2. The van der Waals surface area contributed by atoms with Gasteiger partial charge in [-0.25, -0.2) is 9.97 Å². The van der Waals surface area contributed by atoms with Crippen molar-refractivity contribution in [2.24, 2.45) is 7.05 Å². The molecule has 0 fully saturated rings. The summed E-state index contributed by atoms with van der Waals surface area (Å²) in [7, 11) is 6.04. The predicted molar refractivity (Wildman–Crippen MR) is 77.4 cm³/mol. The summed E-state index contributed by atoms with van der Waals surface area (Å²) in [6.45, 7) is 0. The fourth-order valence-electron chi connectivity index (χ4n) is 2.09. The standard InChI is InChI=1S/C15H16N4/c1-18(2)12-8-6-11(7-9-12)14-16-13-5-4-10-19(3)15(13)17-14/h4-10H,1-3H3. The number of aryl methyl sites for hydroxylation is 1. The third kappa shape index (κ3) is 2.05. The number of pyridine rings is 1.